The van der Waals surface area contributed by atoms with Crippen molar-refractivity contribution in [2.45, 2.75) is 18.9 Å². The molecule has 0 heterocycles. The summed E-state index contributed by atoms with van der Waals surface area (Å²) < 4.78 is 4.71. The minimum atomic E-state index is -1.10. The van der Waals surface area contributed by atoms with Gasteiger partial charge in [0.15, 0.2) is 6.10 Å². The number of carboxylic acid groups (broad SMARTS) is 1. The number of allylic oxidation sites excluding steroid dienone is 2. The monoisotopic (exact) mass is 241 g/mol. The second kappa shape index (κ2) is 8.52. The van der Waals surface area contributed by atoms with Crippen LogP contribution < -0.4 is 5.32 Å². The van der Waals surface area contributed by atoms with Crippen LogP contribution in [0.2, 0.25) is 0 Å². The lowest BCUT2D eigenvalue weighted by Crippen LogP contribution is -2.40. The molecule has 1 amide bonds. The lowest BCUT2D eigenvalue weighted by atomic mass is 10.0. The fraction of sp³-hybridized carbons (Fsp3) is 0.500. The molecule has 0 fully saturated rings. The largest absolute Gasteiger partial charge is 0.479 e. The first-order chi connectivity index (χ1) is 8.06. The molecule has 17 heavy (non-hydrogen) atoms. The van der Waals surface area contributed by atoms with E-state index in [0.29, 0.717) is 12.8 Å². The second-order valence-corrected chi connectivity index (χ2v) is 3.55. The van der Waals surface area contributed by atoms with E-state index in [0.717, 1.165) is 0 Å². The summed E-state index contributed by atoms with van der Waals surface area (Å²) in [5, 5.41) is 11.3. The molecule has 0 aliphatic rings. The molecule has 0 aromatic carbocycles. The number of carboxylic acids is 1. The molecule has 0 aromatic rings. The number of nitrogens with one attached hydrogen (secondary N) is 1. The first kappa shape index (κ1) is 15.4. The number of rotatable bonds is 9. The second-order valence-electron chi connectivity index (χ2n) is 3.55. The maximum Gasteiger partial charge on any atom is 0.334 e. The molecule has 96 valence electrons. The summed E-state index contributed by atoms with van der Waals surface area (Å²) >= 11 is 0. The van der Waals surface area contributed by atoms with Gasteiger partial charge >= 0.3 is 5.97 Å². The lowest BCUT2D eigenvalue weighted by Gasteiger charge is -2.16. The van der Waals surface area contributed by atoms with Crippen LogP contribution in [0.1, 0.15) is 12.8 Å². The molecule has 0 saturated carbocycles. The Morgan fingerprint density at radius 3 is 2.24 bits per heavy atom. The molecule has 2 N–H and O–H groups in total. The van der Waals surface area contributed by atoms with Gasteiger partial charge in [-0.1, -0.05) is 12.2 Å². The van der Waals surface area contributed by atoms with Gasteiger partial charge < -0.3 is 15.2 Å². The van der Waals surface area contributed by atoms with Crippen LogP contribution in [0.5, 0.6) is 0 Å². The van der Waals surface area contributed by atoms with Crippen molar-refractivity contribution >= 4 is 11.9 Å². The Morgan fingerprint density at radius 1 is 1.35 bits per heavy atom. The van der Waals surface area contributed by atoms with Gasteiger partial charge in [-0.15, -0.1) is 13.2 Å². The average molecular weight is 241 g/mol. The van der Waals surface area contributed by atoms with E-state index in [1.54, 1.807) is 12.2 Å². The van der Waals surface area contributed by atoms with Crippen LogP contribution in [0.25, 0.3) is 0 Å². The van der Waals surface area contributed by atoms with E-state index in [-0.39, 0.29) is 18.4 Å². The van der Waals surface area contributed by atoms with E-state index in [1.165, 1.54) is 7.11 Å². The van der Waals surface area contributed by atoms with E-state index >= 15 is 0 Å². The molecule has 0 bridgehead atoms. The van der Waals surface area contributed by atoms with Gasteiger partial charge in [0.25, 0.3) is 0 Å². The van der Waals surface area contributed by atoms with E-state index in [2.05, 4.69) is 18.5 Å². The normalized spacial score (nSPS) is 11.9. The summed E-state index contributed by atoms with van der Waals surface area (Å²) in [4.78, 5) is 22.4. The van der Waals surface area contributed by atoms with Gasteiger partial charge in [-0.2, -0.15) is 0 Å². The third-order valence-electron chi connectivity index (χ3n) is 2.29. The zero-order valence-corrected chi connectivity index (χ0v) is 10.0. The maximum atomic E-state index is 11.7. The predicted molar refractivity (Wildman–Crippen MR) is 64.6 cm³/mol. The Morgan fingerprint density at radius 2 is 1.88 bits per heavy atom. The molecule has 1 atom stereocenters. The van der Waals surface area contributed by atoms with Gasteiger partial charge in [0.1, 0.15) is 0 Å². The number of carbonyl (C=O) groups is 2. The zero-order valence-electron chi connectivity index (χ0n) is 10.0. The Labute approximate surface area is 101 Å². The molecule has 1 unspecified atom stereocenters. The number of ether oxygens (including phenoxy) is 1. The van der Waals surface area contributed by atoms with Gasteiger partial charge in [0, 0.05) is 13.0 Å². The summed E-state index contributed by atoms with van der Waals surface area (Å²) in [6.07, 6.45) is 3.34. The van der Waals surface area contributed by atoms with E-state index in [1.807, 2.05) is 0 Å². The van der Waals surface area contributed by atoms with Crippen molar-refractivity contribution in [3.63, 3.8) is 0 Å². The number of hydrogen-bond donors (Lipinski definition) is 2. The molecule has 0 radical (unpaired) electrons. The fourth-order valence-electron chi connectivity index (χ4n) is 1.32. The van der Waals surface area contributed by atoms with Crippen molar-refractivity contribution < 1.29 is 19.4 Å². The molecule has 0 saturated heterocycles. The molecule has 5 nitrogen and oxygen atoms in total. The van der Waals surface area contributed by atoms with Crippen molar-refractivity contribution in [1.82, 2.24) is 5.32 Å². The molecule has 0 aromatic heterocycles. The first-order valence-corrected chi connectivity index (χ1v) is 5.31. The molecule has 0 aliphatic carbocycles. The molecule has 0 spiro atoms. The maximum absolute atomic E-state index is 11.7. The Bertz CT molecular complexity index is 278. The van der Waals surface area contributed by atoms with Crippen LogP contribution in [0.4, 0.5) is 0 Å². The van der Waals surface area contributed by atoms with E-state index in [4.69, 9.17) is 9.84 Å². The number of aliphatic carboxylic acids is 1. The van der Waals surface area contributed by atoms with Crippen LogP contribution in [0, 0.1) is 5.92 Å². The SMILES string of the molecule is C=CCC(CC=C)C(=O)NCC(OC)C(=O)O. The molecular formula is C12H19NO4. The summed E-state index contributed by atoms with van der Waals surface area (Å²) in [5.74, 6) is -1.57. The Balaban J connectivity index is 4.24. The summed E-state index contributed by atoms with van der Waals surface area (Å²) in [6, 6.07) is 0. The van der Waals surface area contributed by atoms with Gasteiger partial charge in [-0.05, 0) is 12.8 Å². The summed E-state index contributed by atoms with van der Waals surface area (Å²) in [6.45, 7) is 7.10. The third-order valence-corrected chi connectivity index (χ3v) is 2.29. The smallest absolute Gasteiger partial charge is 0.334 e. The van der Waals surface area contributed by atoms with Gasteiger partial charge in [0.05, 0.1) is 6.54 Å². The molecular weight excluding hydrogens is 222 g/mol. The minimum absolute atomic E-state index is 0.0462. The lowest BCUT2D eigenvalue weighted by molar-refractivity contribution is -0.148. The number of hydrogen-bond acceptors (Lipinski definition) is 3. The van der Waals surface area contributed by atoms with Crippen LogP contribution in [-0.2, 0) is 14.3 Å². The highest BCUT2D eigenvalue weighted by Crippen LogP contribution is 2.09. The van der Waals surface area contributed by atoms with E-state index in [9.17, 15) is 9.59 Å². The highest BCUT2D eigenvalue weighted by atomic mass is 16.5. The standard InChI is InChI=1S/C12H19NO4/c1-4-6-9(7-5-2)11(14)13-8-10(17-3)12(15)16/h4-5,9-10H,1-2,6-8H2,3H3,(H,13,14)(H,15,16). The predicted octanol–water partition coefficient (Wildman–Crippen LogP) is 0.971. The van der Waals surface area contributed by atoms with Crippen LogP contribution >= 0.6 is 0 Å². The van der Waals surface area contributed by atoms with Crippen LogP contribution in [0.15, 0.2) is 25.3 Å². The molecule has 0 rings (SSSR count). The topological polar surface area (TPSA) is 75.6 Å². The van der Waals surface area contributed by atoms with Gasteiger partial charge in [-0.3, -0.25) is 4.79 Å². The quantitative estimate of drug-likeness (QED) is 0.590. The van der Waals surface area contributed by atoms with Crippen LogP contribution in [-0.4, -0.2) is 36.7 Å². The van der Waals surface area contributed by atoms with E-state index < -0.39 is 12.1 Å². The number of carbonyl (C=O) groups excluding carboxylic acids is 1. The van der Waals surface area contributed by atoms with Gasteiger partial charge in [-0.25, -0.2) is 4.79 Å². The minimum Gasteiger partial charge on any atom is -0.479 e. The third kappa shape index (κ3) is 5.87. The van der Waals surface area contributed by atoms with Crippen molar-refractivity contribution in [3.8, 4) is 0 Å². The summed E-state index contributed by atoms with van der Waals surface area (Å²) in [7, 11) is 1.29. The molecule has 5 heteroatoms. The number of methoxy groups -OCH3 is 1. The van der Waals surface area contributed by atoms with Crippen molar-refractivity contribution in [3.05, 3.63) is 25.3 Å². The summed E-state index contributed by atoms with van der Waals surface area (Å²) in [5.41, 5.74) is 0. The van der Waals surface area contributed by atoms with Crippen molar-refractivity contribution in [2.24, 2.45) is 5.92 Å². The van der Waals surface area contributed by atoms with Gasteiger partial charge in [0.2, 0.25) is 5.91 Å². The Hall–Kier alpha value is -1.62. The Kier molecular flexibility index (Phi) is 7.71. The first-order valence-electron chi connectivity index (χ1n) is 5.31. The average Bonchev–Trinajstić information content (AvgIpc) is 2.28. The zero-order chi connectivity index (χ0) is 13.3. The highest BCUT2D eigenvalue weighted by Gasteiger charge is 2.20. The van der Waals surface area contributed by atoms with Crippen molar-refractivity contribution in [2.75, 3.05) is 13.7 Å². The number of amides is 1. The molecule has 0 aliphatic heterocycles. The van der Waals surface area contributed by atoms with Crippen molar-refractivity contribution in [1.29, 1.82) is 0 Å². The van der Waals surface area contributed by atoms with Crippen LogP contribution in [0.3, 0.4) is 0 Å². The highest BCUT2D eigenvalue weighted by molar-refractivity contribution is 5.80. The fourth-order valence-corrected chi connectivity index (χ4v) is 1.32.